The highest BCUT2D eigenvalue weighted by Gasteiger charge is 2.27. The van der Waals surface area contributed by atoms with Gasteiger partial charge in [-0.25, -0.2) is 13.1 Å². The van der Waals surface area contributed by atoms with Crippen molar-refractivity contribution in [3.05, 3.63) is 28.3 Å². The van der Waals surface area contributed by atoms with E-state index in [4.69, 9.17) is 0 Å². The minimum absolute atomic E-state index is 0.0255. The summed E-state index contributed by atoms with van der Waals surface area (Å²) in [5.41, 5.74) is -0.0148. The van der Waals surface area contributed by atoms with Crippen LogP contribution in [-0.2, 0) is 10.0 Å². The van der Waals surface area contributed by atoms with Gasteiger partial charge in [-0.2, -0.15) is 0 Å². The summed E-state index contributed by atoms with van der Waals surface area (Å²) < 4.78 is 25.7. The summed E-state index contributed by atoms with van der Waals surface area (Å²) in [5, 5.41) is 23.8. The summed E-state index contributed by atoms with van der Waals surface area (Å²) in [6.45, 7) is 0.0255. The highest BCUT2D eigenvalue weighted by molar-refractivity contribution is 7.89. The average Bonchev–Trinajstić information content (AvgIpc) is 2.55. The molecule has 0 heterocycles. The fourth-order valence-electron chi connectivity index (χ4n) is 2.89. The van der Waals surface area contributed by atoms with Crippen LogP contribution < -0.4 is 10.0 Å². The summed E-state index contributed by atoms with van der Waals surface area (Å²) in [7, 11) is -2.49. The molecule has 0 unspecified atom stereocenters. The number of hydrogen-bond acceptors (Lipinski definition) is 6. The third kappa shape index (κ3) is 3.98. The maximum atomic E-state index is 11.8. The summed E-state index contributed by atoms with van der Waals surface area (Å²) >= 11 is 0. The third-order valence-electron chi connectivity index (χ3n) is 4.23. The van der Waals surface area contributed by atoms with E-state index in [0.29, 0.717) is 0 Å². The van der Waals surface area contributed by atoms with Crippen molar-refractivity contribution in [2.45, 2.75) is 36.6 Å². The van der Waals surface area contributed by atoms with Crippen LogP contribution in [0.1, 0.15) is 25.7 Å². The van der Waals surface area contributed by atoms with Crippen LogP contribution in [0.5, 0.6) is 0 Å². The Labute approximate surface area is 135 Å². The van der Waals surface area contributed by atoms with Gasteiger partial charge in [-0.1, -0.05) is 12.8 Å². The molecule has 128 valence electrons. The number of rotatable bonds is 6. The second-order valence-corrected chi connectivity index (χ2v) is 7.51. The van der Waals surface area contributed by atoms with Gasteiger partial charge in [-0.15, -0.1) is 0 Å². The third-order valence-corrected chi connectivity index (χ3v) is 5.64. The van der Waals surface area contributed by atoms with Gasteiger partial charge in [-0.05, 0) is 32.0 Å². The van der Waals surface area contributed by atoms with E-state index in [9.17, 15) is 23.6 Å². The molecule has 9 heteroatoms. The number of sulfonamides is 1. The highest BCUT2D eigenvalue weighted by Crippen LogP contribution is 2.32. The lowest BCUT2D eigenvalue weighted by atomic mass is 9.85. The van der Waals surface area contributed by atoms with E-state index in [1.165, 1.54) is 19.2 Å². The number of nitro benzene ring substituents is 1. The molecule has 2 rings (SSSR count). The Morgan fingerprint density at radius 2 is 2.04 bits per heavy atom. The molecule has 0 amide bonds. The standard InChI is InChI=1S/C14H21N3O5S/c1-15-23(21,22)11-6-7-13(14(8-11)17(19)20)16-12-5-3-2-4-10(12)9-18/h6-8,10,12,15-16,18H,2-5,9H2,1H3/t10-,12-/m0/s1. The lowest BCUT2D eigenvalue weighted by Gasteiger charge is -2.31. The quantitative estimate of drug-likeness (QED) is 0.531. The van der Waals surface area contributed by atoms with Gasteiger partial charge in [0.05, 0.1) is 9.82 Å². The lowest BCUT2D eigenvalue weighted by Crippen LogP contribution is -2.34. The maximum Gasteiger partial charge on any atom is 0.293 e. The number of nitrogens with one attached hydrogen (secondary N) is 2. The maximum absolute atomic E-state index is 11.8. The lowest BCUT2D eigenvalue weighted by molar-refractivity contribution is -0.384. The average molecular weight is 343 g/mol. The molecule has 1 aromatic carbocycles. The van der Waals surface area contributed by atoms with Crippen molar-refractivity contribution in [1.82, 2.24) is 4.72 Å². The smallest absolute Gasteiger partial charge is 0.293 e. The Bertz CT molecular complexity index is 677. The first-order valence-corrected chi connectivity index (χ1v) is 8.96. The van der Waals surface area contributed by atoms with Crippen LogP contribution in [-0.4, -0.2) is 38.1 Å². The van der Waals surface area contributed by atoms with Crippen LogP contribution in [0.4, 0.5) is 11.4 Å². The van der Waals surface area contributed by atoms with E-state index in [0.717, 1.165) is 31.7 Å². The molecule has 0 spiro atoms. The van der Waals surface area contributed by atoms with Gasteiger partial charge < -0.3 is 10.4 Å². The van der Waals surface area contributed by atoms with Gasteiger partial charge in [0.1, 0.15) is 5.69 Å². The van der Waals surface area contributed by atoms with Crippen molar-refractivity contribution in [3.8, 4) is 0 Å². The minimum atomic E-state index is -3.74. The van der Waals surface area contributed by atoms with E-state index < -0.39 is 14.9 Å². The molecule has 0 aromatic heterocycles. The predicted octanol–water partition coefficient (Wildman–Crippen LogP) is 1.47. The molecule has 2 atom stereocenters. The van der Waals surface area contributed by atoms with Crippen LogP contribution in [0.2, 0.25) is 0 Å². The molecule has 8 nitrogen and oxygen atoms in total. The Morgan fingerprint density at radius 3 is 2.65 bits per heavy atom. The summed E-state index contributed by atoms with van der Waals surface area (Å²) in [5.74, 6) is 0.0454. The van der Waals surface area contributed by atoms with Crippen molar-refractivity contribution >= 4 is 21.4 Å². The molecule has 0 radical (unpaired) electrons. The molecule has 0 bridgehead atoms. The Morgan fingerprint density at radius 1 is 1.35 bits per heavy atom. The van der Waals surface area contributed by atoms with Crippen LogP contribution in [0, 0.1) is 16.0 Å². The molecule has 0 aliphatic heterocycles. The zero-order valence-electron chi connectivity index (χ0n) is 12.9. The molecule has 23 heavy (non-hydrogen) atoms. The summed E-state index contributed by atoms with van der Waals surface area (Å²) in [4.78, 5) is 10.5. The fraction of sp³-hybridized carbons (Fsp3) is 0.571. The van der Waals surface area contributed by atoms with Gasteiger partial charge in [0.2, 0.25) is 10.0 Å². The largest absolute Gasteiger partial charge is 0.396 e. The van der Waals surface area contributed by atoms with Gasteiger partial charge in [0, 0.05) is 24.6 Å². The Kier molecular flexibility index (Phi) is 5.55. The first-order chi connectivity index (χ1) is 10.9. The van der Waals surface area contributed by atoms with Crippen LogP contribution in [0.15, 0.2) is 23.1 Å². The molecule has 1 aromatic rings. The second-order valence-electron chi connectivity index (χ2n) is 5.62. The van der Waals surface area contributed by atoms with E-state index in [2.05, 4.69) is 10.0 Å². The van der Waals surface area contributed by atoms with Gasteiger partial charge in [0.25, 0.3) is 5.69 Å². The zero-order chi connectivity index (χ0) is 17.0. The number of benzene rings is 1. The number of hydrogen-bond donors (Lipinski definition) is 3. The van der Waals surface area contributed by atoms with Crippen molar-refractivity contribution in [3.63, 3.8) is 0 Å². The molecule has 0 saturated heterocycles. The van der Waals surface area contributed by atoms with Crippen molar-refractivity contribution < 1.29 is 18.4 Å². The Balaban J connectivity index is 2.33. The normalized spacial score (nSPS) is 21.8. The van der Waals surface area contributed by atoms with E-state index in [1.54, 1.807) is 0 Å². The van der Waals surface area contributed by atoms with Gasteiger partial charge in [0.15, 0.2) is 0 Å². The number of anilines is 1. The minimum Gasteiger partial charge on any atom is -0.396 e. The molecule has 1 saturated carbocycles. The van der Waals surface area contributed by atoms with Crippen LogP contribution >= 0.6 is 0 Å². The summed E-state index contributed by atoms with van der Waals surface area (Å²) in [6, 6.07) is 3.73. The number of nitrogens with zero attached hydrogens (tertiary/aromatic N) is 1. The van der Waals surface area contributed by atoms with E-state index >= 15 is 0 Å². The predicted molar refractivity (Wildman–Crippen MR) is 85.8 cm³/mol. The zero-order valence-corrected chi connectivity index (χ0v) is 13.7. The van der Waals surface area contributed by atoms with E-state index in [1.807, 2.05) is 0 Å². The molecular formula is C14H21N3O5S. The van der Waals surface area contributed by atoms with Gasteiger partial charge in [-0.3, -0.25) is 10.1 Å². The monoisotopic (exact) mass is 343 g/mol. The number of aliphatic hydroxyl groups is 1. The highest BCUT2D eigenvalue weighted by atomic mass is 32.2. The number of aliphatic hydroxyl groups excluding tert-OH is 1. The molecular weight excluding hydrogens is 322 g/mol. The first-order valence-electron chi connectivity index (χ1n) is 7.48. The summed E-state index contributed by atoms with van der Waals surface area (Å²) in [6.07, 6.45) is 3.71. The van der Waals surface area contributed by atoms with Crippen LogP contribution in [0.25, 0.3) is 0 Å². The van der Waals surface area contributed by atoms with Crippen LogP contribution in [0.3, 0.4) is 0 Å². The number of nitro groups is 1. The van der Waals surface area contributed by atoms with Crippen molar-refractivity contribution in [1.29, 1.82) is 0 Å². The van der Waals surface area contributed by atoms with Crippen molar-refractivity contribution in [2.75, 3.05) is 19.0 Å². The van der Waals surface area contributed by atoms with E-state index in [-0.39, 0.29) is 34.8 Å². The van der Waals surface area contributed by atoms with Crippen molar-refractivity contribution in [2.24, 2.45) is 5.92 Å². The molecule has 3 N–H and O–H groups in total. The Hall–Kier alpha value is -1.71. The first kappa shape index (κ1) is 17.6. The fourth-order valence-corrected chi connectivity index (χ4v) is 3.64. The molecule has 1 aliphatic carbocycles. The molecule has 1 fully saturated rings. The SMILES string of the molecule is CNS(=O)(=O)c1ccc(N[C@H]2CCCC[C@H]2CO)c([N+](=O)[O-])c1. The molecule has 1 aliphatic rings. The van der Waals surface area contributed by atoms with Gasteiger partial charge >= 0.3 is 0 Å². The topological polar surface area (TPSA) is 122 Å². The second kappa shape index (κ2) is 7.24.